The summed E-state index contributed by atoms with van der Waals surface area (Å²) in [6, 6.07) is 3.43. The molecule has 0 N–H and O–H groups in total. The van der Waals surface area contributed by atoms with Gasteiger partial charge in [-0.25, -0.2) is 0 Å². The van der Waals surface area contributed by atoms with Crippen LogP contribution in [0.25, 0.3) is 10.2 Å². The molecule has 1 nitrogen and oxygen atoms in total. The molecule has 2 rings (SSSR count). The summed E-state index contributed by atoms with van der Waals surface area (Å²) in [5.41, 5.74) is 0.868. The van der Waals surface area contributed by atoms with E-state index in [0.717, 1.165) is 14.0 Å². The molecule has 0 aromatic carbocycles. The molecule has 2 aromatic rings. The van der Waals surface area contributed by atoms with Crippen LogP contribution in [-0.2, 0) is 0 Å². The number of fused-ring (bicyclic) bond motifs is 1. The van der Waals surface area contributed by atoms with Gasteiger partial charge < -0.3 is 0 Å². The molecule has 0 aliphatic rings. The van der Waals surface area contributed by atoms with Crippen molar-refractivity contribution < 1.29 is 4.39 Å². The minimum atomic E-state index is -0.271. The van der Waals surface area contributed by atoms with Crippen LogP contribution >= 0.6 is 11.3 Å². The fourth-order valence-electron chi connectivity index (χ4n) is 0.880. The van der Waals surface area contributed by atoms with Gasteiger partial charge in [0.05, 0.1) is 0 Å². The quantitative estimate of drug-likeness (QED) is 0.616. The Balaban J connectivity index is 2.82. The van der Waals surface area contributed by atoms with Crippen LogP contribution in [-0.4, -0.2) is 21.0 Å². The van der Waals surface area contributed by atoms with Crippen molar-refractivity contribution in [3.63, 3.8) is 0 Å². The zero-order valence-electron chi connectivity index (χ0n) is 5.41. The van der Waals surface area contributed by atoms with Gasteiger partial charge >= 0.3 is 74.9 Å². The van der Waals surface area contributed by atoms with Crippen LogP contribution in [0.15, 0.2) is 18.3 Å². The fourth-order valence-corrected chi connectivity index (χ4v) is 2.54. The van der Waals surface area contributed by atoms with Gasteiger partial charge in [-0.2, -0.15) is 0 Å². The summed E-state index contributed by atoms with van der Waals surface area (Å²) >= 11 is 3.96. The van der Waals surface area contributed by atoms with Crippen LogP contribution in [0.5, 0.6) is 0 Å². The van der Waals surface area contributed by atoms with E-state index in [1.165, 1.54) is 23.6 Å². The molecular formula is C7H4FNSSe. The van der Waals surface area contributed by atoms with Gasteiger partial charge in [0.1, 0.15) is 0 Å². The topological polar surface area (TPSA) is 12.9 Å². The summed E-state index contributed by atoms with van der Waals surface area (Å²) in [5.74, 6) is -0.271. The van der Waals surface area contributed by atoms with Gasteiger partial charge in [-0.05, 0) is 0 Å². The van der Waals surface area contributed by atoms with Crippen molar-refractivity contribution >= 4 is 41.3 Å². The molecule has 0 aliphatic carbocycles. The first kappa shape index (κ1) is 7.22. The van der Waals surface area contributed by atoms with Crippen molar-refractivity contribution in [2.24, 2.45) is 0 Å². The van der Waals surface area contributed by atoms with E-state index in [1.54, 1.807) is 0 Å². The van der Waals surface area contributed by atoms with E-state index < -0.39 is 0 Å². The standard InChI is InChI=1S/C7H4FNSSe/c8-4-1-6-5(9-3-4)2-7(11)10-6/h1-3,11H. The predicted molar refractivity (Wildman–Crippen MR) is 46.4 cm³/mol. The molecule has 0 saturated heterocycles. The molecule has 0 saturated carbocycles. The first-order valence-corrected chi connectivity index (χ1v) is 4.75. The Bertz CT molecular complexity index is 398. The van der Waals surface area contributed by atoms with E-state index in [0.29, 0.717) is 0 Å². The van der Waals surface area contributed by atoms with Crippen molar-refractivity contribution in [1.82, 2.24) is 4.98 Å². The third-order valence-electron chi connectivity index (χ3n) is 1.32. The average Bonchev–Trinajstić information content (AvgIpc) is 2.27. The third-order valence-corrected chi connectivity index (χ3v) is 3.04. The molecule has 0 amide bonds. The second kappa shape index (κ2) is 2.55. The summed E-state index contributed by atoms with van der Waals surface area (Å²) in [4.78, 5) is 3.93. The number of hydrogen-bond donors (Lipinski definition) is 0. The summed E-state index contributed by atoms with van der Waals surface area (Å²) < 4.78 is 14.6. The zero-order chi connectivity index (χ0) is 7.84. The Hall–Kier alpha value is -0.441. The molecular weight excluding hydrogens is 228 g/mol. The summed E-state index contributed by atoms with van der Waals surface area (Å²) in [7, 11) is 0. The second-order valence-corrected chi connectivity index (χ2v) is 4.87. The van der Waals surface area contributed by atoms with Gasteiger partial charge in [0.25, 0.3) is 0 Å². The Morgan fingerprint density at radius 3 is 3.09 bits per heavy atom. The van der Waals surface area contributed by atoms with E-state index >= 15 is 0 Å². The molecule has 0 bridgehead atoms. The maximum atomic E-state index is 12.6. The molecule has 2 aromatic heterocycles. The average molecular weight is 232 g/mol. The van der Waals surface area contributed by atoms with E-state index in [1.807, 2.05) is 6.07 Å². The molecule has 2 heterocycles. The van der Waals surface area contributed by atoms with Crippen LogP contribution in [0.4, 0.5) is 4.39 Å². The first-order valence-electron chi connectivity index (χ1n) is 3.00. The zero-order valence-corrected chi connectivity index (χ0v) is 8.11. The van der Waals surface area contributed by atoms with Crippen LogP contribution < -0.4 is 3.78 Å². The number of aromatic nitrogens is 1. The molecule has 0 spiro atoms. The molecule has 0 unspecified atom stereocenters. The predicted octanol–water partition coefficient (Wildman–Crippen LogP) is 0.962. The van der Waals surface area contributed by atoms with Gasteiger partial charge in [-0.15, -0.1) is 0 Å². The van der Waals surface area contributed by atoms with Crippen molar-refractivity contribution in [1.29, 1.82) is 0 Å². The molecule has 0 atom stereocenters. The molecule has 4 heteroatoms. The number of hydrogen-bond acceptors (Lipinski definition) is 2. The number of nitrogens with zero attached hydrogens (tertiary/aromatic N) is 1. The van der Waals surface area contributed by atoms with Gasteiger partial charge in [0.2, 0.25) is 0 Å². The molecule has 56 valence electrons. The Morgan fingerprint density at radius 1 is 1.45 bits per heavy atom. The molecule has 0 radical (unpaired) electrons. The SMILES string of the molecule is Fc1cnc2cc([SeH])sc2c1. The monoisotopic (exact) mass is 233 g/mol. The van der Waals surface area contributed by atoms with Gasteiger partial charge in [-0.3, -0.25) is 0 Å². The van der Waals surface area contributed by atoms with Crippen LogP contribution in [0.1, 0.15) is 0 Å². The molecule has 11 heavy (non-hydrogen) atoms. The van der Waals surface area contributed by atoms with E-state index in [4.69, 9.17) is 0 Å². The summed E-state index contributed by atoms with van der Waals surface area (Å²) in [6.07, 6.45) is 1.24. The van der Waals surface area contributed by atoms with Crippen LogP contribution in [0.3, 0.4) is 0 Å². The van der Waals surface area contributed by atoms with E-state index in [-0.39, 0.29) is 5.82 Å². The van der Waals surface area contributed by atoms with Crippen molar-refractivity contribution in [3.05, 3.63) is 24.1 Å². The molecule has 0 aliphatic heterocycles. The van der Waals surface area contributed by atoms with Crippen molar-refractivity contribution in [2.75, 3.05) is 0 Å². The summed E-state index contributed by atoms with van der Waals surface area (Å²) in [6.45, 7) is 0. The Labute approximate surface area is 75.1 Å². The minimum absolute atomic E-state index is 0.271. The van der Waals surface area contributed by atoms with Gasteiger partial charge in [0.15, 0.2) is 0 Å². The van der Waals surface area contributed by atoms with Crippen LogP contribution in [0, 0.1) is 5.82 Å². The normalized spacial score (nSPS) is 10.7. The first-order chi connectivity index (χ1) is 5.25. The third kappa shape index (κ3) is 1.29. The van der Waals surface area contributed by atoms with Crippen molar-refractivity contribution in [2.45, 2.75) is 0 Å². The van der Waals surface area contributed by atoms with E-state index in [2.05, 4.69) is 21.0 Å². The summed E-state index contributed by atoms with van der Waals surface area (Å²) in [5, 5.41) is 0. The number of rotatable bonds is 0. The van der Waals surface area contributed by atoms with Crippen LogP contribution in [0.2, 0.25) is 0 Å². The van der Waals surface area contributed by atoms with Crippen molar-refractivity contribution in [3.8, 4) is 0 Å². The van der Waals surface area contributed by atoms with E-state index in [9.17, 15) is 4.39 Å². The molecule has 0 fully saturated rings. The number of halogens is 1. The number of pyridine rings is 1. The van der Waals surface area contributed by atoms with Gasteiger partial charge in [0, 0.05) is 0 Å². The Kier molecular flexibility index (Phi) is 1.68. The fraction of sp³-hybridized carbons (Fsp3) is 0. The second-order valence-electron chi connectivity index (χ2n) is 2.12. The Morgan fingerprint density at radius 2 is 2.27 bits per heavy atom. The maximum absolute atomic E-state index is 12.6. The number of thiophene rings is 1. The van der Waals surface area contributed by atoms with Gasteiger partial charge in [-0.1, -0.05) is 0 Å².